The summed E-state index contributed by atoms with van der Waals surface area (Å²) in [7, 11) is 0. The van der Waals surface area contributed by atoms with E-state index >= 15 is 0 Å². The highest BCUT2D eigenvalue weighted by molar-refractivity contribution is 7.99. The Balaban J connectivity index is 1.42. The van der Waals surface area contributed by atoms with Gasteiger partial charge >= 0.3 is 0 Å². The second-order valence-corrected chi connectivity index (χ2v) is 7.89. The van der Waals surface area contributed by atoms with E-state index in [2.05, 4.69) is 24.3 Å². The first-order valence-electron chi connectivity index (χ1n) is 8.08. The predicted octanol–water partition coefficient (Wildman–Crippen LogP) is 3.66. The lowest BCUT2D eigenvalue weighted by Crippen LogP contribution is -2.42. The molecule has 3 fully saturated rings. The van der Waals surface area contributed by atoms with Crippen LogP contribution in [-0.2, 0) is 9.53 Å². The highest BCUT2D eigenvalue weighted by Gasteiger charge is 2.49. The maximum atomic E-state index is 12.8. The van der Waals surface area contributed by atoms with Gasteiger partial charge in [-0.25, -0.2) is 0 Å². The lowest BCUT2D eigenvalue weighted by molar-refractivity contribution is -0.135. The molecule has 0 N–H and O–H groups in total. The highest BCUT2D eigenvalue weighted by Crippen LogP contribution is 2.51. The quantitative estimate of drug-likeness (QED) is 0.852. The number of thioether (sulfide) groups is 1. The van der Waals surface area contributed by atoms with E-state index in [4.69, 9.17) is 4.74 Å². The van der Waals surface area contributed by atoms with Crippen LogP contribution >= 0.6 is 11.8 Å². The molecular weight excluding hydrogens is 280 g/mol. The van der Waals surface area contributed by atoms with Crippen LogP contribution in [-0.4, -0.2) is 29.5 Å². The molecule has 1 saturated carbocycles. The molecule has 0 aromatic heterocycles. The van der Waals surface area contributed by atoms with Gasteiger partial charge < -0.3 is 4.74 Å². The molecule has 2 heterocycles. The minimum atomic E-state index is 0.0282. The molecule has 0 radical (unpaired) electrons. The number of rotatable bonds is 3. The number of ether oxygens (including phenoxy) is 1. The smallest absolute Gasteiger partial charge is 0.139 e. The molecule has 2 saturated heterocycles. The van der Waals surface area contributed by atoms with E-state index in [9.17, 15) is 4.79 Å². The second kappa shape index (κ2) is 5.44. The summed E-state index contributed by atoms with van der Waals surface area (Å²) in [4.78, 5) is 12.8. The summed E-state index contributed by atoms with van der Waals surface area (Å²) in [6, 6.07) is 10.5. The Bertz CT molecular complexity index is 521. The van der Waals surface area contributed by atoms with Crippen LogP contribution in [0.4, 0.5) is 0 Å². The summed E-state index contributed by atoms with van der Waals surface area (Å²) in [6.07, 6.45) is 4.09. The first kappa shape index (κ1) is 13.8. The number of Topliss-reactive ketones (excluding diaryl/α,β-unsaturated/α-hetero) is 1. The van der Waals surface area contributed by atoms with Gasteiger partial charge in [0.25, 0.3) is 0 Å². The fourth-order valence-electron chi connectivity index (χ4n) is 4.01. The van der Waals surface area contributed by atoms with Gasteiger partial charge in [0, 0.05) is 24.2 Å². The van der Waals surface area contributed by atoms with Gasteiger partial charge in [0.2, 0.25) is 0 Å². The van der Waals surface area contributed by atoms with Crippen LogP contribution in [0.5, 0.6) is 0 Å². The van der Waals surface area contributed by atoms with Gasteiger partial charge in [-0.2, -0.15) is 11.8 Å². The zero-order chi connectivity index (χ0) is 14.3. The van der Waals surface area contributed by atoms with Crippen molar-refractivity contribution < 1.29 is 9.53 Å². The van der Waals surface area contributed by atoms with Gasteiger partial charge in [-0.1, -0.05) is 30.3 Å². The summed E-state index contributed by atoms with van der Waals surface area (Å²) < 4.78 is 6.05. The number of hydrogen-bond donors (Lipinski definition) is 0. The zero-order valence-corrected chi connectivity index (χ0v) is 13.1. The summed E-state index contributed by atoms with van der Waals surface area (Å²) in [6.45, 7) is 0.777. The van der Waals surface area contributed by atoms with Crippen molar-refractivity contribution in [3.8, 4) is 0 Å². The molecule has 1 aliphatic carbocycles. The third-order valence-electron chi connectivity index (χ3n) is 5.35. The molecule has 3 heteroatoms. The average Bonchev–Trinajstić information content (AvgIpc) is 3.22. The average molecular weight is 302 g/mol. The van der Waals surface area contributed by atoms with Crippen LogP contribution in [0, 0.1) is 11.8 Å². The fraction of sp³-hybridized carbons (Fsp3) is 0.611. The van der Waals surface area contributed by atoms with Gasteiger partial charge in [0.05, 0.1) is 5.60 Å². The number of benzene rings is 1. The van der Waals surface area contributed by atoms with E-state index in [1.165, 1.54) is 11.3 Å². The van der Waals surface area contributed by atoms with Gasteiger partial charge in [0.15, 0.2) is 0 Å². The summed E-state index contributed by atoms with van der Waals surface area (Å²) in [5.41, 5.74) is 1.37. The molecule has 21 heavy (non-hydrogen) atoms. The SMILES string of the molecule is O=C(C1CCOC2(CCSC2)C1)C1CC1c1ccccc1. The number of carbonyl (C=O) groups is 1. The van der Waals surface area contributed by atoms with E-state index in [1.54, 1.807) is 0 Å². The van der Waals surface area contributed by atoms with E-state index in [1.807, 2.05) is 17.8 Å². The molecule has 1 spiro atoms. The fourth-order valence-corrected chi connectivity index (χ4v) is 5.39. The Morgan fingerprint density at radius 2 is 2.14 bits per heavy atom. The van der Waals surface area contributed by atoms with Crippen LogP contribution < -0.4 is 0 Å². The molecule has 0 bridgehead atoms. The van der Waals surface area contributed by atoms with Crippen molar-refractivity contribution in [3.05, 3.63) is 35.9 Å². The van der Waals surface area contributed by atoms with Gasteiger partial charge in [0.1, 0.15) is 5.78 Å². The summed E-state index contributed by atoms with van der Waals surface area (Å²) in [5, 5.41) is 0. The molecule has 0 amide bonds. The van der Waals surface area contributed by atoms with Gasteiger partial charge in [-0.15, -0.1) is 0 Å². The monoisotopic (exact) mass is 302 g/mol. The maximum Gasteiger partial charge on any atom is 0.139 e. The van der Waals surface area contributed by atoms with Crippen molar-refractivity contribution in [1.82, 2.24) is 0 Å². The first-order valence-corrected chi connectivity index (χ1v) is 9.23. The van der Waals surface area contributed by atoms with E-state index in [-0.39, 0.29) is 17.4 Å². The van der Waals surface area contributed by atoms with Crippen molar-refractivity contribution in [2.45, 2.75) is 37.2 Å². The molecule has 2 nitrogen and oxygen atoms in total. The maximum absolute atomic E-state index is 12.8. The molecule has 4 rings (SSSR count). The van der Waals surface area contributed by atoms with E-state index in [0.29, 0.717) is 11.7 Å². The van der Waals surface area contributed by atoms with Crippen molar-refractivity contribution in [3.63, 3.8) is 0 Å². The Labute approximate surface area is 130 Å². The van der Waals surface area contributed by atoms with Crippen LogP contribution in [0.1, 0.15) is 37.2 Å². The largest absolute Gasteiger partial charge is 0.374 e. The minimum absolute atomic E-state index is 0.0282. The lowest BCUT2D eigenvalue weighted by atomic mass is 9.81. The Kier molecular flexibility index (Phi) is 3.58. The zero-order valence-electron chi connectivity index (χ0n) is 12.3. The molecular formula is C18H22O2S. The van der Waals surface area contributed by atoms with Crippen molar-refractivity contribution in [2.24, 2.45) is 11.8 Å². The third kappa shape index (κ3) is 2.66. The van der Waals surface area contributed by atoms with E-state index in [0.717, 1.165) is 38.0 Å². The first-order chi connectivity index (χ1) is 10.3. The molecule has 112 valence electrons. The van der Waals surface area contributed by atoms with Crippen molar-refractivity contribution in [2.75, 3.05) is 18.1 Å². The molecule has 4 unspecified atom stereocenters. The second-order valence-electron chi connectivity index (χ2n) is 6.79. The van der Waals surface area contributed by atoms with Gasteiger partial charge in [-0.05, 0) is 42.9 Å². The number of ketones is 1. The Hall–Kier alpha value is -0.800. The van der Waals surface area contributed by atoms with Gasteiger partial charge in [-0.3, -0.25) is 4.79 Å². The lowest BCUT2D eigenvalue weighted by Gasteiger charge is -2.37. The third-order valence-corrected chi connectivity index (χ3v) is 6.57. The van der Waals surface area contributed by atoms with Crippen LogP contribution in [0.3, 0.4) is 0 Å². The van der Waals surface area contributed by atoms with Crippen molar-refractivity contribution in [1.29, 1.82) is 0 Å². The normalized spacial score (nSPS) is 38.6. The topological polar surface area (TPSA) is 26.3 Å². The molecule has 4 atom stereocenters. The van der Waals surface area contributed by atoms with Crippen molar-refractivity contribution >= 4 is 17.5 Å². The molecule has 1 aromatic carbocycles. The standard InChI is InChI=1S/C18H22O2S/c19-17(16-10-15(16)13-4-2-1-3-5-13)14-6-8-20-18(11-14)7-9-21-12-18/h1-5,14-16H,6-12H2. The highest BCUT2D eigenvalue weighted by atomic mass is 32.2. The van der Waals surface area contributed by atoms with E-state index < -0.39 is 0 Å². The number of carbonyl (C=O) groups excluding carboxylic acids is 1. The van der Waals surface area contributed by atoms with Crippen LogP contribution in [0.25, 0.3) is 0 Å². The molecule has 2 aliphatic heterocycles. The minimum Gasteiger partial charge on any atom is -0.374 e. The molecule has 3 aliphatic rings. The van der Waals surface area contributed by atoms with Crippen LogP contribution in [0.2, 0.25) is 0 Å². The summed E-state index contributed by atoms with van der Waals surface area (Å²) in [5.74, 6) is 3.80. The number of hydrogen-bond acceptors (Lipinski definition) is 3. The van der Waals surface area contributed by atoms with Crippen LogP contribution in [0.15, 0.2) is 30.3 Å². The Morgan fingerprint density at radius 1 is 1.29 bits per heavy atom. The predicted molar refractivity (Wildman–Crippen MR) is 85.6 cm³/mol. The Morgan fingerprint density at radius 3 is 2.90 bits per heavy atom. The summed E-state index contributed by atoms with van der Waals surface area (Å²) >= 11 is 1.98. The molecule has 1 aromatic rings.